The maximum atomic E-state index is 12.7. The van der Waals surface area contributed by atoms with Gasteiger partial charge in [-0.15, -0.1) is 5.10 Å². The van der Waals surface area contributed by atoms with Crippen molar-refractivity contribution in [3.63, 3.8) is 0 Å². The Morgan fingerprint density at radius 3 is 2.54 bits per heavy atom. The fraction of sp³-hybridized carbons (Fsp3) is 0.125. The highest BCUT2D eigenvalue weighted by Gasteiger charge is 2.30. The molecule has 0 fully saturated rings. The Morgan fingerprint density at radius 1 is 1.08 bits per heavy atom. The molecule has 0 spiro atoms. The molecule has 0 saturated heterocycles. The third kappa shape index (κ3) is 5.01. The van der Waals surface area contributed by atoms with Crippen molar-refractivity contribution in [2.45, 2.75) is 12.8 Å². The predicted octanol–water partition coefficient (Wildman–Crippen LogP) is 2.89. The summed E-state index contributed by atoms with van der Waals surface area (Å²) in [7, 11) is 0. The molecule has 0 aliphatic carbocycles. The number of para-hydroxylation sites is 1. The van der Waals surface area contributed by atoms with Gasteiger partial charge in [-0.2, -0.15) is 18.3 Å². The number of hydrogen-bond acceptors (Lipinski definition) is 3. The van der Waals surface area contributed by atoms with Crippen molar-refractivity contribution >= 4 is 12.2 Å². The van der Waals surface area contributed by atoms with Crippen molar-refractivity contribution in [2.75, 3.05) is 0 Å². The van der Waals surface area contributed by atoms with E-state index in [0.29, 0.717) is 16.9 Å². The van der Waals surface area contributed by atoms with Gasteiger partial charge in [-0.1, -0.05) is 24.3 Å². The minimum atomic E-state index is -4.39. The molecule has 0 bridgehead atoms. The molecule has 5 nitrogen and oxygen atoms in total. The van der Waals surface area contributed by atoms with Gasteiger partial charge in [0.2, 0.25) is 5.96 Å². The zero-order valence-corrected chi connectivity index (χ0v) is 12.5. The number of hydrogen-bond donors (Lipinski definition) is 2. The van der Waals surface area contributed by atoms with Crippen LogP contribution in [0.15, 0.2) is 58.7 Å². The summed E-state index contributed by atoms with van der Waals surface area (Å²) < 4.78 is 43.7. The van der Waals surface area contributed by atoms with Crippen molar-refractivity contribution < 1.29 is 17.9 Å². The number of guanidine groups is 1. The molecule has 0 aliphatic heterocycles. The summed E-state index contributed by atoms with van der Waals surface area (Å²) in [6.45, 7) is -0.0168. The standard InChI is InChI=1S/C16H15F3N4O/c17-16(18,19)13-6-3-4-11(8-13)10-24-14-7-2-1-5-12(14)9-22-23-15(20)21/h1-9H,10H2,(H4,20,21,23). The maximum Gasteiger partial charge on any atom is 0.416 e. The molecule has 0 aromatic heterocycles. The second-order valence-electron chi connectivity index (χ2n) is 4.79. The highest BCUT2D eigenvalue weighted by atomic mass is 19.4. The van der Waals surface area contributed by atoms with E-state index in [1.54, 1.807) is 30.3 Å². The number of benzene rings is 2. The predicted molar refractivity (Wildman–Crippen MR) is 85.6 cm³/mol. The van der Waals surface area contributed by atoms with Gasteiger partial charge in [0, 0.05) is 5.56 Å². The second-order valence-corrected chi connectivity index (χ2v) is 4.79. The number of alkyl halides is 3. The van der Waals surface area contributed by atoms with Crippen LogP contribution < -0.4 is 16.2 Å². The molecule has 0 unspecified atom stereocenters. The van der Waals surface area contributed by atoms with Gasteiger partial charge in [0.1, 0.15) is 12.4 Å². The molecule has 0 saturated carbocycles. The monoisotopic (exact) mass is 336 g/mol. The van der Waals surface area contributed by atoms with Crippen LogP contribution in [0.3, 0.4) is 0 Å². The molecule has 24 heavy (non-hydrogen) atoms. The molecular formula is C16H15F3N4O. The average molecular weight is 336 g/mol. The maximum absolute atomic E-state index is 12.7. The lowest BCUT2D eigenvalue weighted by atomic mass is 10.1. The van der Waals surface area contributed by atoms with Gasteiger partial charge in [-0.05, 0) is 29.8 Å². The summed E-state index contributed by atoms with van der Waals surface area (Å²) in [4.78, 5) is 0. The van der Waals surface area contributed by atoms with E-state index >= 15 is 0 Å². The van der Waals surface area contributed by atoms with Crippen LogP contribution in [0.2, 0.25) is 0 Å². The van der Waals surface area contributed by atoms with Gasteiger partial charge in [0.05, 0.1) is 11.8 Å². The quantitative estimate of drug-likeness (QED) is 0.500. The number of nitrogens with zero attached hydrogens (tertiary/aromatic N) is 2. The minimum absolute atomic E-state index is 0.0168. The fourth-order valence-electron chi connectivity index (χ4n) is 1.87. The Kier molecular flexibility index (Phi) is 5.41. The van der Waals surface area contributed by atoms with E-state index in [9.17, 15) is 13.2 Å². The molecule has 0 heterocycles. The smallest absolute Gasteiger partial charge is 0.416 e. The van der Waals surface area contributed by atoms with Gasteiger partial charge < -0.3 is 16.2 Å². The molecule has 8 heteroatoms. The molecule has 2 rings (SSSR count). The van der Waals surface area contributed by atoms with Crippen molar-refractivity contribution in [1.82, 2.24) is 0 Å². The van der Waals surface area contributed by atoms with Crippen LogP contribution in [0.25, 0.3) is 0 Å². The van der Waals surface area contributed by atoms with E-state index in [4.69, 9.17) is 16.2 Å². The van der Waals surface area contributed by atoms with Crippen LogP contribution in [0.4, 0.5) is 13.2 Å². The first-order valence-electron chi connectivity index (χ1n) is 6.86. The third-order valence-electron chi connectivity index (χ3n) is 2.94. The van der Waals surface area contributed by atoms with Gasteiger partial charge in [0.15, 0.2) is 0 Å². The first-order chi connectivity index (χ1) is 11.4. The summed E-state index contributed by atoms with van der Waals surface area (Å²) in [6, 6.07) is 11.8. The van der Waals surface area contributed by atoms with Gasteiger partial charge >= 0.3 is 6.18 Å². The fourth-order valence-corrected chi connectivity index (χ4v) is 1.87. The molecule has 0 atom stereocenters. The zero-order valence-electron chi connectivity index (χ0n) is 12.5. The molecule has 126 valence electrons. The van der Waals surface area contributed by atoms with Crippen molar-refractivity contribution in [3.05, 3.63) is 65.2 Å². The van der Waals surface area contributed by atoms with E-state index in [1.807, 2.05) is 0 Å². The largest absolute Gasteiger partial charge is 0.488 e. The molecule has 0 amide bonds. The van der Waals surface area contributed by atoms with Gasteiger partial charge in [-0.3, -0.25) is 0 Å². The van der Waals surface area contributed by atoms with Gasteiger partial charge in [0.25, 0.3) is 0 Å². The van der Waals surface area contributed by atoms with E-state index in [-0.39, 0.29) is 12.6 Å². The molecule has 4 N–H and O–H groups in total. The average Bonchev–Trinajstić information content (AvgIpc) is 2.53. The first-order valence-corrected chi connectivity index (χ1v) is 6.86. The normalized spacial score (nSPS) is 11.5. The Morgan fingerprint density at radius 2 is 1.83 bits per heavy atom. The van der Waals surface area contributed by atoms with Crippen molar-refractivity contribution in [2.24, 2.45) is 21.7 Å². The molecule has 2 aromatic carbocycles. The number of halogens is 3. The van der Waals surface area contributed by atoms with Crippen LogP contribution in [0.1, 0.15) is 16.7 Å². The minimum Gasteiger partial charge on any atom is -0.488 e. The number of ether oxygens (including phenoxy) is 1. The Bertz CT molecular complexity index is 753. The highest BCUT2D eigenvalue weighted by molar-refractivity contribution is 5.84. The number of rotatable bonds is 5. The lowest BCUT2D eigenvalue weighted by Gasteiger charge is -2.11. The number of nitrogens with two attached hydrogens (primary N) is 2. The Balaban J connectivity index is 2.13. The molecule has 0 radical (unpaired) electrons. The van der Waals surface area contributed by atoms with Crippen LogP contribution >= 0.6 is 0 Å². The molecule has 0 aliphatic rings. The Labute approximate surface area is 136 Å². The van der Waals surface area contributed by atoms with E-state index in [1.165, 1.54) is 12.3 Å². The van der Waals surface area contributed by atoms with E-state index in [2.05, 4.69) is 10.2 Å². The lowest BCUT2D eigenvalue weighted by molar-refractivity contribution is -0.137. The summed E-state index contributed by atoms with van der Waals surface area (Å²) in [6.07, 6.45) is -3.00. The zero-order chi connectivity index (χ0) is 17.6. The van der Waals surface area contributed by atoms with E-state index in [0.717, 1.165) is 12.1 Å². The summed E-state index contributed by atoms with van der Waals surface area (Å²) >= 11 is 0. The van der Waals surface area contributed by atoms with Crippen LogP contribution in [-0.2, 0) is 12.8 Å². The van der Waals surface area contributed by atoms with Crippen LogP contribution in [0.5, 0.6) is 5.75 Å². The Hall–Kier alpha value is -3.03. The topological polar surface area (TPSA) is 86.0 Å². The SMILES string of the molecule is NC(N)=NN=Cc1ccccc1OCc1cccc(C(F)(F)F)c1. The summed E-state index contributed by atoms with van der Waals surface area (Å²) in [5, 5.41) is 7.17. The van der Waals surface area contributed by atoms with Crippen LogP contribution in [0, 0.1) is 0 Å². The second kappa shape index (κ2) is 7.49. The lowest BCUT2D eigenvalue weighted by Crippen LogP contribution is -2.21. The van der Waals surface area contributed by atoms with Crippen molar-refractivity contribution in [1.29, 1.82) is 0 Å². The van der Waals surface area contributed by atoms with E-state index < -0.39 is 11.7 Å². The highest BCUT2D eigenvalue weighted by Crippen LogP contribution is 2.29. The van der Waals surface area contributed by atoms with Crippen molar-refractivity contribution in [3.8, 4) is 5.75 Å². The molecule has 2 aromatic rings. The van der Waals surface area contributed by atoms with Crippen LogP contribution in [-0.4, -0.2) is 12.2 Å². The first kappa shape index (κ1) is 17.3. The summed E-state index contributed by atoms with van der Waals surface area (Å²) in [5.41, 5.74) is 10.6. The third-order valence-corrected chi connectivity index (χ3v) is 2.94. The van der Waals surface area contributed by atoms with Gasteiger partial charge in [-0.25, -0.2) is 0 Å². The molecular weight excluding hydrogens is 321 g/mol. The summed E-state index contributed by atoms with van der Waals surface area (Å²) in [5.74, 6) is 0.262.